The molecule has 69 heavy (non-hydrogen) atoms. The van der Waals surface area contributed by atoms with E-state index in [0.717, 1.165) is 13.0 Å². The fourth-order valence-electron chi connectivity index (χ4n) is 6.26. The van der Waals surface area contributed by atoms with Gasteiger partial charge in [0.2, 0.25) is 0 Å². The normalized spacial score (nSPS) is 11.7. The highest BCUT2D eigenvalue weighted by Crippen LogP contribution is 2.13. The van der Waals surface area contributed by atoms with Crippen molar-refractivity contribution in [3.8, 4) is 0 Å². The molecular formula is C51H104O18. The standard InChI is InChI=1S/C51H104O18/c1-2-3-4-5-6-7-8-9-10-11-12-13-14-15-16-18-53-20-22-55-24-26-57-28-30-59-32-34-61-36-38-63-40-42-65-44-46-67-48-50-69-51-49-68-47-45-66-43-41-64-39-37-62-35-33-60-31-29-58-27-25-56-23-21-54-19-17-52/h52H,2-51H2,1H3. The number of ether oxygens (including phenoxy) is 17. The Kier molecular flexibility index (Phi) is 66.6. The lowest BCUT2D eigenvalue weighted by atomic mass is 10.0. The van der Waals surface area contributed by atoms with Gasteiger partial charge in [-0.05, 0) is 6.42 Å². The molecule has 0 aromatic rings. The fourth-order valence-corrected chi connectivity index (χ4v) is 6.26. The maximum absolute atomic E-state index is 8.61. The Bertz CT molecular complexity index is 804. The Morgan fingerprint density at radius 1 is 0.159 bits per heavy atom. The summed E-state index contributed by atoms with van der Waals surface area (Å²) in [7, 11) is 0. The predicted octanol–water partition coefficient (Wildman–Crippen LogP) is 6.13. The molecule has 18 heteroatoms. The minimum Gasteiger partial charge on any atom is -0.394 e. The van der Waals surface area contributed by atoms with Crippen LogP contribution < -0.4 is 0 Å². The van der Waals surface area contributed by atoms with Crippen LogP contribution in [0.2, 0.25) is 0 Å². The molecule has 0 radical (unpaired) electrons. The molecule has 0 aliphatic heterocycles. The van der Waals surface area contributed by atoms with Gasteiger partial charge in [-0.1, -0.05) is 96.8 Å². The van der Waals surface area contributed by atoms with Gasteiger partial charge in [-0.15, -0.1) is 0 Å². The molecule has 18 nitrogen and oxygen atoms in total. The van der Waals surface area contributed by atoms with Crippen LogP contribution >= 0.6 is 0 Å². The molecule has 0 unspecified atom stereocenters. The Labute approximate surface area is 419 Å². The number of aliphatic hydroxyl groups excluding tert-OH is 1. The van der Waals surface area contributed by atoms with E-state index in [1.54, 1.807) is 0 Å². The molecule has 0 rings (SSSR count). The van der Waals surface area contributed by atoms with Gasteiger partial charge in [-0.3, -0.25) is 0 Å². The summed E-state index contributed by atoms with van der Waals surface area (Å²) in [4.78, 5) is 0. The molecule has 0 amide bonds. The van der Waals surface area contributed by atoms with Crippen molar-refractivity contribution < 1.29 is 85.6 Å². The van der Waals surface area contributed by atoms with Crippen molar-refractivity contribution in [2.45, 2.75) is 103 Å². The molecule has 0 fully saturated rings. The van der Waals surface area contributed by atoms with Gasteiger partial charge >= 0.3 is 0 Å². The quantitative estimate of drug-likeness (QED) is 0.0688. The van der Waals surface area contributed by atoms with Crippen LogP contribution in [0.3, 0.4) is 0 Å². The molecule has 0 saturated heterocycles. The van der Waals surface area contributed by atoms with Crippen LogP contribution in [0.1, 0.15) is 103 Å². The van der Waals surface area contributed by atoms with Crippen LogP contribution in [-0.4, -0.2) is 236 Å². The topological polar surface area (TPSA) is 177 Å². The van der Waals surface area contributed by atoms with Crippen LogP contribution in [0, 0.1) is 0 Å². The first-order valence-electron chi connectivity index (χ1n) is 26.8. The maximum Gasteiger partial charge on any atom is 0.0701 e. The van der Waals surface area contributed by atoms with Gasteiger partial charge in [0.1, 0.15) is 0 Å². The molecular weight excluding hydrogens is 901 g/mol. The summed E-state index contributed by atoms with van der Waals surface area (Å²) in [5, 5.41) is 8.61. The summed E-state index contributed by atoms with van der Waals surface area (Å²) in [6.07, 6.45) is 20.7. The van der Waals surface area contributed by atoms with Crippen LogP contribution in [0.15, 0.2) is 0 Å². The third-order valence-electron chi connectivity index (χ3n) is 10.1. The zero-order valence-corrected chi connectivity index (χ0v) is 43.7. The molecule has 0 aromatic carbocycles. The zero-order chi connectivity index (χ0) is 49.4. The summed E-state index contributed by atoms with van der Waals surface area (Å²) in [6, 6.07) is 0. The van der Waals surface area contributed by atoms with Gasteiger partial charge < -0.3 is 85.6 Å². The van der Waals surface area contributed by atoms with E-state index in [1.165, 1.54) is 89.9 Å². The van der Waals surface area contributed by atoms with Crippen LogP contribution in [0.5, 0.6) is 0 Å². The fraction of sp³-hybridized carbons (Fsp3) is 1.00. The first-order chi connectivity index (χ1) is 34.4. The van der Waals surface area contributed by atoms with Crippen LogP contribution in [-0.2, 0) is 80.5 Å². The number of hydrogen-bond donors (Lipinski definition) is 1. The maximum atomic E-state index is 8.61. The second kappa shape index (κ2) is 67.3. The molecule has 1 N–H and O–H groups in total. The Morgan fingerprint density at radius 2 is 0.290 bits per heavy atom. The Balaban J connectivity index is 3.07. The van der Waals surface area contributed by atoms with Crippen molar-refractivity contribution in [3.63, 3.8) is 0 Å². The van der Waals surface area contributed by atoms with Crippen molar-refractivity contribution in [1.29, 1.82) is 0 Å². The van der Waals surface area contributed by atoms with Crippen molar-refractivity contribution in [1.82, 2.24) is 0 Å². The Hall–Kier alpha value is -0.720. The first kappa shape index (κ1) is 68.3. The summed E-state index contributed by atoms with van der Waals surface area (Å²) >= 11 is 0. The number of aliphatic hydroxyl groups is 1. The van der Waals surface area contributed by atoms with Gasteiger partial charge in [0.05, 0.1) is 225 Å². The van der Waals surface area contributed by atoms with Crippen molar-refractivity contribution in [2.24, 2.45) is 0 Å². The van der Waals surface area contributed by atoms with E-state index in [0.29, 0.717) is 218 Å². The van der Waals surface area contributed by atoms with Crippen LogP contribution in [0.25, 0.3) is 0 Å². The molecule has 0 heterocycles. The summed E-state index contributed by atoms with van der Waals surface area (Å²) in [5.74, 6) is 0. The highest BCUT2D eigenvalue weighted by molar-refractivity contribution is 4.50. The first-order valence-corrected chi connectivity index (χ1v) is 26.8. The second-order valence-corrected chi connectivity index (χ2v) is 16.1. The average Bonchev–Trinajstić information content (AvgIpc) is 3.36. The average molecular weight is 1010 g/mol. The largest absolute Gasteiger partial charge is 0.394 e. The van der Waals surface area contributed by atoms with E-state index in [2.05, 4.69) is 6.92 Å². The summed E-state index contributed by atoms with van der Waals surface area (Å²) < 4.78 is 93.3. The van der Waals surface area contributed by atoms with E-state index in [4.69, 9.17) is 85.6 Å². The number of unbranched alkanes of at least 4 members (excludes halogenated alkanes) is 14. The minimum absolute atomic E-state index is 0.0220. The second-order valence-electron chi connectivity index (χ2n) is 16.1. The van der Waals surface area contributed by atoms with E-state index in [1.807, 2.05) is 0 Å². The molecule has 0 atom stereocenters. The van der Waals surface area contributed by atoms with E-state index in [9.17, 15) is 0 Å². The summed E-state index contributed by atoms with van der Waals surface area (Å²) in [5.41, 5.74) is 0. The zero-order valence-electron chi connectivity index (χ0n) is 43.7. The monoisotopic (exact) mass is 1000 g/mol. The highest BCUT2D eigenvalue weighted by Gasteiger charge is 2.00. The predicted molar refractivity (Wildman–Crippen MR) is 266 cm³/mol. The lowest BCUT2D eigenvalue weighted by Crippen LogP contribution is -2.16. The molecule has 0 spiro atoms. The molecule has 416 valence electrons. The minimum atomic E-state index is 0.0220. The van der Waals surface area contributed by atoms with E-state index >= 15 is 0 Å². The van der Waals surface area contributed by atoms with Crippen LogP contribution in [0.4, 0.5) is 0 Å². The molecule has 0 aliphatic carbocycles. The highest BCUT2D eigenvalue weighted by atomic mass is 16.6. The van der Waals surface area contributed by atoms with Gasteiger partial charge in [0.15, 0.2) is 0 Å². The van der Waals surface area contributed by atoms with Gasteiger partial charge in [-0.2, -0.15) is 0 Å². The van der Waals surface area contributed by atoms with Gasteiger partial charge in [0.25, 0.3) is 0 Å². The molecule has 0 aliphatic rings. The smallest absolute Gasteiger partial charge is 0.0701 e. The van der Waals surface area contributed by atoms with Crippen molar-refractivity contribution in [3.05, 3.63) is 0 Å². The molecule has 0 bridgehead atoms. The SMILES string of the molecule is CCCCCCCCCCCCCCCCCOCCOCCOCCOCCOCCOCCOCCOCCOCCOCCOCCOCCOCCOCCOCCOCCOCCO. The van der Waals surface area contributed by atoms with E-state index < -0.39 is 0 Å². The number of rotatable bonds is 66. The summed E-state index contributed by atoms with van der Waals surface area (Å²) in [6.45, 7) is 19.9. The number of hydrogen-bond acceptors (Lipinski definition) is 18. The Morgan fingerprint density at radius 3 is 0.449 bits per heavy atom. The molecule has 0 saturated carbocycles. The van der Waals surface area contributed by atoms with Crippen molar-refractivity contribution >= 4 is 0 Å². The van der Waals surface area contributed by atoms with Gasteiger partial charge in [0, 0.05) is 6.61 Å². The van der Waals surface area contributed by atoms with Crippen molar-refractivity contribution in [2.75, 3.05) is 231 Å². The van der Waals surface area contributed by atoms with Gasteiger partial charge in [-0.25, -0.2) is 0 Å². The third kappa shape index (κ3) is 67.3. The lowest BCUT2D eigenvalue weighted by molar-refractivity contribution is -0.0308. The molecule has 0 aromatic heterocycles. The third-order valence-corrected chi connectivity index (χ3v) is 10.1. The van der Waals surface area contributed by atoms with E-state index in [-0.39, 0.29) is 6.61 Å². The lowest BCUT2D eigenvalue weighted by Gasteiger charge is -2.09.